The van der Waals surface area contributed by atoms with Crippen LogP contribution in [0.2, 0.25) is 0 Å². The van der Waals surface area contributed by atoms with E-state index in [1.54, 1.807) is 0 Å². The van der Waals surface area contributed by atoms with Gasteiger partial charge in [0.05, 0.1) is 17.9 Å². The van der Waals surface area contributed by atoms with Crippen LogP contribution in [-0.4, -0.2) is 27.0 Å². The van der Waals surface area contributed by atoms with Crippen molar-refractivity contribution in [3.8, 4) is 0 Å². The first kappa shape index (κ1) is 9.70. The fraction of sp³-hybridized carbons (Fsp3) is 0.500. The highest BCUT2D eigenvalue weighted by molar-refractivity contribution is 5.86. The number of aryl methyl sites for hydroxylation is 1. The molecule has 0 aliphatic rings. The normalized spacial score (nSPS) is 12.8. The van der Waals surface area contributed by atoms with Gasteiger partial charge in [0.2, 0.25) is 0 Å². The molecule has 0 fully saturated rings. The van der Waals surface area contributed by atoms with Crippen LogP contribution in [0.1, 0.15) is 23.7 Å². The maximum atomic E-state index is 12.4. The number of nitrogens with zero attached hydrogens (tertiary/aromatic N) is 2. The van der Waals surface area contributed by atoms with Crippen molar-refractivity contribution in [1.29, 1.82) is 0 Å². The Bertz CT molecular complexity index is 296. The lowest BCUT2D eigenvalue weighted by molar-refractivity contribution is 0.0697. The van der Waals surface area contributed by atoms with Gasteiger partial charge in [-0.15, -0.1) is 0 Å². The molecule has 0 radical (unpaired) electrons. The lowest BCUT2D eigenvalue weighted by Gasteiger charge is -2.00. The van der Waals surface area contributed by atoms with Crippen LogP contribution in [0.15, 0.2) is 12.4 Å². The molecule has 1 aromatic heterocycles. The van der Waals surface area contributed by atoms with Gasteiger partial charge >= 0.3 is 5.97 Å². The Labute approximate surface area is 75.0 Å². The lowest BCUT2D eigenvalue weighted by atomic mass is 10.3. The third-order valence-corrected chi connectivity index (χ3v) is 1.64. The van der Waals surface area contributed by atoms with Gasteiger partial charge < -0.3 is 5.11 Å². The Kier molecular flexibility index (Phi) is 3.00. The van der Waals surface area contributed by atoms with Crippen molar-refractivity contribution in [1.82, 2.24) is 9.78 Å². The first-order valence-corrected chi connectivity index (χ1v) is 3.99. The van der Waals surface area contributed by atoms with E-state index >= 15 is 0 Å². The van der Waals surface area contributed by atoms with Crippen LogP contribution < -0.4 is 0 Å². The Morgan fingerprint density at radius 3 is 3.00 bits per heavy atom. The maximum absolute atomic E-state index is 12.4. The Morgan fingerprint density at radius 2 is 2.54 bits per heavy atom. The summed E-state index contributed by atoms with van der Waals surface area (Å²) in [6.07, 6.45) is 2.11. The molecule has 4 nitrogen and oxygen atoms in total. The predicted octanol–water partition coefficient (Wildman–Crippen LogP) is 1.33. The Morgan fingerprint density at radius 1 is 1.85 bits per heavy atom. The van der Waals surface area contributed by atoms with Gasteiger partial charge in [0, 0.05) is 12.7 Å². The largest absolute Gasteiger partial charge is 0.478 e. The monoisotopic (exact) mass is 186 g/mol. The van der Waals surface area contributed by atoms with Crippen molar-refractivity contribution in [2.24, 2.45) is 0 Å². The fourth-order valence-corrected chi connectivity index (χ4v) is 0.906. The van der Waals surface area contributed by atoms with Crippen molar-refractivity contribution in [3.05, 3.63) is 18.0 Å². The molecular formula is C8H11FN2O2. The first-order chi connectivity index (χ1) is 6.09. The summed E-state index contributed by atoms with van der Waals surface area (Å²) in [6.45, 7) is 1.87. The molecule has 0 aliphatic heterocycles. The van der Waals surface area contributed by atoms with E-state index < -0.39 is 12.1 Å². The standard InChI is InChI=1S/C8H11FN2O2/c1-6(9)2-3-11-5-7(4-10-11)8(12)13/h4-6H,2-3H2,1H3,(H,12,13). The topological polar surface area (TPSA) is 55.1 Å². The molecule has 1 unspecified atom stereocenters. The molecule has 0 bridgehead atoms. The zero-order chi connectivity index (χ0) is 9.84. The van der Waals surface area contributed by atoms with Crippen molar-refractivity contribution in [2.75, 3.05) is 0 Å². The number of hydrogen-bond donors (Lipinski definition) is 1. The number of aromatic nitrogens is 2. The summed E-state index contributed by atoms with van der Waals surface area (Å²) in [6, 6.07) is 0. The molecule has 1 rings (SSSR count). The number of halogens is 1. The number of carbonyl (C=O) groups is 1. The highest BCUT2D eigenvalue weighted by Crippen LogP contribution is 2.01. The molecule has 0 saturated heterocycles. The van der Waals surface area contributed by atoms with E-state index in [0.717, 1.165) is 0 Å². The zero-order valence-corrected chi connectivity index (χ0v) is 7.27. The molecule has 5 heteroatoms. The highest BCUT2D eigenvalue weighted by Gasteiger charge is 2.06. The van der Waals surface area contributed by atoms with Gasteiger partial charge in [-0.05, 0) is 13.3 Å². The SMILES string of the molecule is CC(F)CCn1cc(C(=O)O)cn1. The van der Waals surface area contributed by atoms with Crippen LogP contribution in [0.4, 0.5) is 4.39 Å². The molecular weight excluding hydrogens is 175 g/mol. The van der Waals surface area contributed by atoms with Crippen LogP contribution in [0.5, 0.6) is 0 Å². The number of rotatable bonds is 4. The van der Waals surface area contributed by atoms with Crippen molar-refractivity contribution >= 4 is 5.97 Å². The number of hydrogen-bond acceptors (Lipinski definition) is 2. The molecule has 0 spiro atoms. The summed E-state index contributed by atoms with van der Waals surface area (Å²) >= 11 is 0. The van der Waals surface area contributed by atoms with Crippen LogP contribution in [0.3, 0.4) is 0 Å². The molecule has 0 aliphatic carbocycles. The Hall–Kier alpha value is -1.39. The predicted molar refractivity (Wildman–Crippen MR) is 44.4 cm³/mol. The van der Waals surface area contributed by atoms with Crippen molar-refractivity contribution < 1.29 is 14.3 Å². The van der Waals surface area contributed by atoms with Crippen LogP contribution in [0, 0.1) is 0 Å². The molecule has 1 heterocycles. The number of carboxylic acid groups (broad SMARTS) is 1. The van der Waals surface area contributed by atoms with E-state index in [1.807, 2.05) is 0 Å². The summed E-state index contributed by atoms with van der Waals surface area (Å²) in [5.41, 5.74) is 0.131. The van der Waals surface area contributed by atoms with Crippen molar-refractivity contribution in [2.45, 2.75) is 26.1 Å². The second kappa shape index (κ2) is 4.02. The van der Waals surface area contributed by atoms with Gasteiger partial charge in [0.15, 0.2) is 0 Å². The van der Waals surface area contributed by atoms with Gasteiger partial charge in [0.1, 0.15) is 0 Å². The second-order valence-electron chi connectivity index (χ2n) is 2.87. The minimum atomic E-state index is -1.01. The van der Waals surface area contributed by atoms with E-state index in [2.05, 4.69) is 5.10 Å². The molecule has 72 valence electrons. The molecule has 1 atom stereocenters. The van der Waals surface area contributed by atoms with Crippen molar-refractivity contribution in [3.63, 3.8) is 0 Å². The smallest absolute Gasteiger partial charge is 0.338 e. The van der Waals surface area contributed by atoms with Gasteiger partial charge in [-0.1, -0.05) is 0 Å². The average molecular weight is 186 g/mol. The summed E-state index contributed by atoms with van der Waals surface area (Å²) < 4.78 is 13.8. The molecule has 0 saturated carbocycles. The van der Waals surface area contributed by atoms with E-state index in [9.17, 15) is 9.18 Å². The van der Waals surface area contributed by atoms with E-state index in [1.165, 1.54) is 24.0 Å². The van der Waals surface area contributed by atoms with E-state index in [0.29, 0.717) is 13.0 Å². The minimum absolute atomic E-state index is 0.131. The minimum Gasteiger partial charge on any atom is -0.478 e. The zero-order valence-electron chi connectivity index (χ0n) is 7.27. The molecule has 0 aromatic carbocycles. The third-order valence-electron chi connectivity index (χ3n) is 1.64. The molecule has 1 aromatic rings. The first-order valence-electron chi connectivity index (χ1n) is 3.99. The molecule has 13 heavy (non-hydrogen) atoms. The van der Waals surface area contributed by atoms with Crippen LogP contribution in [0.25, 0.3) is 0 Å². The number of carboxylic acids is 1. The van der Waals surface area contributed by atoms with Gasteiger partial charge in [-0.2, -0.15) is 5.10 Å². The van der Waals surface area contributed by atoms with E-state index in [4.69, 9.17) is 5.11 Å². The van der Waals surface area contributed by atoms with Crippen LogP contribution in [-0.2, 0) is 6.54 Å². The second-order valence-corrected chi connectivity index (χ2v) is 2.87. The van der Waals surface area contributed by atoms with Gasteiger partial charge in [-0.3, -0.25) is 4.68 Å². The summed E-state index contributed by atoms with van der Waals surface area (Å²) in [4.78, 5) is 10.4. The highest BCUT2D eigenvalue weighted by atomic mass is 19.1. The Balaban J connectivity index is 2.54. The molecule has 1 N–H and O–H groups in total. The maximum Gasteiger partial charge on any atom is 0.338 e. The van der Waals surface area contributed by atoms with Gasteiger partial charge in [-0.25, -0.2) is 9.18 Å². The van der Waals surface area contributed by atoms with Gasteiger partial charge in [0.25, 0.3) is 0 Å². The quantitative estimate of drug-likeness (QED) is 0.771. The third kappa shape index (κ3) is 2.85. The van der Waals surface area contributed by atoms with Crippen LogP contribution >= 0.6 is 0 Å². The lowest BCUT2D eigenvalue weighted by Crippen LogP contribution is -2.04. The number of alkyl halides is 1. The fourth-order valence-electron chi connectivity index (χ4n) is 0.906. The summed E-state index contributed by atoms with van der Waals surface area (Å²) in [5.74, 6) is -1.01. The summed E-state index contributed by atoms with van der Waals surface area (Å²) in [7, 11) is 0. The summed E-state index contributed by atoms with van der Waals surface area (Å²) in [5, 5.41) is 12.3. The van der Waals surface area contributed by atoms with E-state index in [-0.39, 0.29) is 5.56 Å². The average Bonchev–Trinajstić information content (AvgIpc) is 2.48. The number of aromatic carboxylic acids is 1. The molecule has 0 amide bonds.